The van der Waals surface area contributed by atoms with Crippen LogP contribution in [-0.2, 0) is 6.42 Å². The summed E-state index contributed by atoms with van der Waals surface area (Å²) in [6, 6.07) is 8.38. The molecule has 0 radical (unpaired) electrons. The van der Waals surface area contributed by atoms with Crippen LogP contribution in [-0.4, -0.2) is 43.7 Å². The van der Waals surface area contributed by atoms with E-state index in [2.05, 4.69) is 60.6 Å². The number of amides is 2. The summed E-state index contributed by atoms with van der Waals surface area (Å²) in [7, 11) is 0. The van der Waals surface area contributed by atoms with Crippen molar-refractivity contribution in [3.63, 3.8) is 0 Å². The van der Waals surface area contributed by atoms with Gasteiger partial charge in [0.2, 0.25) is 0 Å². The van der Waals surface area contributed by atoms with E-state index in [1.54, 1.807) is 0 Å². The summed E-state index contributed by atoms with van der Waals surface area (Å²) in [5, 5.41) is 5.91. The topological polar surface area (TPSA) is 44.4 Å². The van der Waals surface area contributed by atoms with Gasteiger partial charge in [0.05, 0.1) is 0 Å². The lowest BCUT2D eigenvalue weighted by Crippen LogP contribution is -2.40. The molecule has 1 aromatic rings. The number of carbonyl (C=O) groups excluding carboxylic acids is 1. The van der Waals surface area contributed by atoms with Crippen LogP contribution in [0.3, 0.4) is 0 Å². The van der Waals surface area contributed by atoms with E-state index in [-0.39, 0.29) is 6.03 Å². The standard InChI is InChI=1S/C21H35N3O/c1-17-7-6-8-20(14-17)9-11-23-21(25)22-10-4-5-12-24-15-18(2)13-19(3)16-24/h6-8,14,18-19H,4-5,9-13,15-16H2,1-3H3,(H2,22,23,25)/t18-,19-/m1/s1. The molecule has 0 aliphatic carbocycles. The number of rotatable bonds is 8. The summed E-state index contributed by atoms with van der Waals surface area (Å²) < 4.78 is 0. The van der Waals surface area contributed by atoms with E-state index in [1.807, 2.05) is 0 Å². The third kappa shape index (κ3) is 7.91. The minimum Gasteiger partial charge on any atom is -0.338 e. The lowest BCUT2D eigenvalue weighted by molar-refractivity contribution is 0.139. The van der Waals surface area contributed by atoms with Gasteiger partial charge in [-0.3, -0.25) is 0 Å². The summed E-state index contributed by atoms with van der Waals surface area (Å²) in [5.74, 6) is 1.64. The number of carbonyl (C=O) groups is 1. The Kier molecular flexibility index (Phi) is 8.26. The molecule has 1 aromatic carbocycles. The smallest absolute Gasteiger partial charge is 0.314 e. The van der Waals surface area contributed by atoms with Gasteiger partial charge in [-0.15, -0.1) is 0 Å². The quantitative estimate of drug-likeness (QED) is 0.707. The molecule has 0 saturated carbocycles. The van der Waals surface area contributed by atoms with Gasteiger partial charge in [-0.05, 0) is 56.6 Å². The average molecular weight is 346 g/mol. The summed E-state index contributed by atoms with van der Waals surface area (Å²) in [6.07, 6.45) is 4.44. The Morgan fingerprint density at radius 2 is 1.84 bits per heavy atom. The van der Waals surface area contributed by atoms with Gasteiger partial charge in [-0.25, -0.2) is 4.79 Å². The van der Waals surface area contributed by atoms with Crippen LogP contribution in [0.1, 0.15) is 44.2 Å². The van der Waals surface area contributed by atoms with E-state index in [9.17, 15) is 4.79 Å². The van der Waals surface area contributed by atoms with Crippen molar-refractivity contribution in [2.75, 3.05) is 32.7 Å². The fourth-order valence-corrected chi connectivity index (χ4v) is 3.89. The molecule has 140 valence electrons. The van der Waals surface area contributed by atoms with Crippen molar-refractivity contribution in [1.82, 2.24) is 15.5 Å². The molecule has 4 heteroatoms. The molecular weight excluding hydrogens is 310 g/mol. The van der Waals surface area contributed by atoms with E-state index in [4.69, 9.17) is 0 Å². The maximum atomic E-state index is 11.8. The molecule has 2 rings (SSSR count). The van der Waals surface area contributed by atoms with Crippen molar-refractivity contribution in [3.05, 3.63) is 35.4 Å². The molecule has 25 heavy (non-hydrogen) atoms. The number of hydrogen-bond acceptors (Lipinski definition) is 2. The SMILES string of the molecule is Cc1cccc(CCNC(=O)NCCCCN2C[C@H](C)C[C@@H](C)C2)c1. The number of benzene rings is 1. The van der Waals surface area contributed by atoms with Crippen LogP contribution in [0.25, 0.3) is 0 Å². The predicted octanol–water partition coefficient (Wildman–Crippen LogP) is 3.59. The largest absolute Gasteiger partial charge is 0.338 e. The van der Waals surface area contributed by atoms with Gasteiger partial charge in [-0.1, -0.05) is 43.7 Å². The number of nitrogens with one attached hydrogen (secondary N) is 2. The van der Waals surface area contributed by atoms with Crippen molar-refractivity contribution in [2.24, 2.45) is 11.8 Å². The molecule has 0 bridgehead atoms. The Balaban J connectivity index is 1.49. The Labute approximate surface area is 153 Å². The summed E-state index contributed by atoms with van der Waals surface area (Å²) in [6.45, 7) is 11.9. The zero-order chi connectivity index (χ0) is 18.1. The second kappa shape index (κ2) is 10.4. The Hall–Kier alpha value is -1.55. The molecular formula is C21H35N3O. The third-order valence-corrected chi connectivity index (χ3v) is 4.91. The van der Waals surface area contributed by atoms with Gasteiger partial charge in [0, 0.05) is 26.2 Å². The first-order chi connectivity index (χ1) is 12.0. The molecule has 1 aliphatic heterocycles. The summed E-state index contributed by atoms with van der Waals surface area (Å²) in [4.78, 5) is 14.4. The number of aryl methyl sites for hydroxylation is 1. The van der Waals surface area contributed by atoms with Crippen molar-refractivity contribution in [3.8, 4) is 0 Å². The van der Waals surface area contributed by atoms with Crippen LogP contribution in [0.2, 0.25) is 0 Å². The number of piperidine rings is 1. The first kappa shape index (κ1) is 19.8. The number of urea groups is 1. The first-order valence-corrected chi connectivity index (χ1v) is 9.82. The molecule has 1 saturated heterocycles. The van der Waals surface area contributed by atoms with Gasteiger partial charge in [0.25, 0.3) is 0 Å². The van der Waals surface area contributed by atoms with Gasteiger partial charge in [-0.2, -0.15) is 0 Å². The minimum absolute atomic E-state index is 0.0483. The molecule has 0 unspecified atom stereocenters. The van der Waals surface area contributed by atoms with E-state index in [1.165, 1.54) is 30.6 Å². The molecule has 2 atom stereocenters. The Morgan fingerprint density at radius 3 is 2.56 bits per heavy atom. The fraction of sp³-hybridized carbons (Fsp3) is 0.667. The van der Waals surface area contributed by atoms with Gasteiger partial charge in [0.1, 0.15) is 0 Å². The lowest BCUT2D eigenvalue weighted by atomic mass is 9.92. The molecule has 4 nitrogen and oxygen atoms in total. The highest BCUT2D eigenvalue weighted by Gasteiger charge is 2.20. The highest BCUT2D eigenvalue weighted by molar-refractivity contribution is 5.73. The van der Waals surface area contributed by atoms with Crippen LogP contribution in [0.15, 0.2) is 24.3 Å². The molecule has 1 fully saturated rings. The van der Waals surface area contributed by atoms with Crippen molar-refractivity contribution in [2.45, 2.75) is 46.5 Å². The summed E-state index contributed by atoms with van der Waals surface area (Å²) in [5.41, 5.74) is 2.53. The van der Waals surface area contributed by atoms with E-state index >= 15 is 0 Å². The third-order valence-electron chi connectivity index (χ3n) is 4.91. The van der Waals surface area contributed by atoms with Gasteiger partial charge in [0.15, 0.2) is 0 Å². The first-order valence-electron chi connectivity index (χ1n) is 9.82. The number of nitrogens with zero attached hydrogens (tertiary/aromatic N) is 1. The lowest BCUT2D eigenvalue weighted by Gasteiger charge is -2.34. The number of likely N-dealkylation sites (tertiary alicyclic amines) is 1. The number of unbranched alkanes of at least 4 members (excludes halogenated alkanes) is 1. The maximum absolute atomic E-state index is 11.8. The van der Waals surface area contributed by atoms with Crippen molar-refractivity contribution in [1.29, 1.82) is 0 Å². The number of hydrogen-bond donors (Lipinski definition) is 2. The average Bonchev–Trinajstić information content (AvgIpc) is 2.54. The van der Waals surface area contributed by atoms with Gasteiger partial charge < -0.3 is 15.5 Å². The fourth-order valence-electron chi connectivity index (χ4n) is 3.89. The zero-order valence-corrected chi connectivity index (χ0v) is 16.2. The van der Waals surface area contributed by atoms with E-state index < -0.39 is 0 Å². The Morgan fingerprint density at radius 1 is 1.12 bits per heavy atom. The van der Waals surface area contributed by atoms with Crippen LogP contribution in [0.4, 0.5) is 4.79 Å². The summed E-state index contributed by atoms with van der Waals surface area (Å²) >= 11 is 0. The second-order valence-corrected chi connectivity index (χ2v) is 7.83. The molecule has 2 N–H and O–H groups in total. The minimum atomic E-state index is -0.0483. The molecule has 1 heterocycles. The van der Waals surface area contributed by atoms with Crippen LogP contribution >= 0.6 is 0 Å². The van der Waals surface area contributed by atoms with Gasteiger partial charge >= 0.3 is 6.03 Å². The normalized spacial score (nSPS) is 21.1. The highest BCUT2D eigenvalue weighted by Crippen LogP contribution is 2.20. The van der Waals surface area contributed by atoms with E-state index in [0.717, 1.165) is 44.2 Å². The molecule has 0 aromatic heterocycles. The molecule has 1 aliphatic rings. The highest BCUT2D eigenvalue weighted by atomic mass is 16.2. The zero-order valence-electron chi connectivity index (χ0n) is 16.2. The van der Waals surface area contributed by atoms with Crippen LogP contribution in [0.5, 0.6) is 0 Å². The maximum Gasteiger partial charge on any atom is 0.314 e. The van der Waals surface area contributed by atoms with E-state index in [0.29, 0.717) is 6.54 Å². The Bertz CT molecular complexity index is 522. The monoisotopic (exact) mass is 345 g/mol. The van der Waals surface area contributed by atoms with Crippen molar-refractivity contribution < 1.29 is 4.79 Å². The molecule has 0 spiro atoms. The van der Waals surface area contributed by atoms with Crippen molar-refractivity contribution >= 4 is 6.03 Å². The second-order valence-electron chi connectivity index (χ2n) is 7.83. The van der Waals surface area contributed by atoms with Crippen LogP contribution < -0.4 is 10.6 Å². The van der Waals surface area contributed by atoms with Crippen LogP contribution in [0, 0.1) is 18.8 Å². The predicted molar refractivity (Wildman–Crippen MR) is 105 cm³/mol. The molecule has 2 amide bonds.